The van der Waals surface area contributed by atoms with Crippen LogP contribution in [0.15, 0.2) is 0 Å². The lowest BCUT2D eigenvalue weighted by atomic mass is 9.88. The van der Waals surface area contributed by atoms with Gasteiger partial charge < -0.3 is 10.2 Å². The molecule has 2 aliphatic rings. The third kappa shape index (κ3) is 3.06. The number of rotatable bonds is 2. The highest BCUT2D eigenvalue weighted by molar-refractivity contribution is 4.93. The molecule has 3 heteroatoms. The molecule has 1 N–H and O–H groups in total. The SMILES string of the molecule is CC1CN(C2CCN(C)CC2C)C(C(C)C)CN1. The molecule has 0 aromatic rings. The van der Waals surface area contributed by atoms with Gasteiger partial charge in [-0.15, -0.1) is 0 Å². The number of piperazine rings is 1. The van der Waals surface area contributed by atoms with Gasteiger partial charge in [-0.3, -0.25) is 4.90 Å². The average Bonchev–Trinajstić information content (AvgIpc) is 2.28. The van der Waals surface area contributed by atoms with E-state index in [-0.39, 0.29) is 0 Å². The summed E-state index contributed by atoms with van der Waals surface area (Å²) in [5.74, 6) is 1.55. The molecule has 0 radical (unpaired) electrons. The van der Waals surface area contributed by atoms with E-state index in [1.807, 2.05) is 0 Å². The normalized spacial score (nSPS) is 40.3. The molecule has 0 amide bonds. The number of nitrogens with zero attached hydrogens (tertiary/aromatic N) is 2. The molecule has 2 saturated heterocycles. The van der Waals surface area contributed by atoms with E-state index in [1.165, 1.54) is 26.1 Å². The van der Waals surface area contributed by atoms with E-state index < -0.39 is 0 Å². The Morgan fingerprint density at radius 2 is 1.89 bits per heavy atom. The first-order chi connectivity index (χ1) is 8.49. The molecule has 0 spiro atoms. The fourth-order valence-corrected chi connectivity index (χ4v) is 3.79. The van der Waals surface area contributed by atoms with Crippen molar-refractivity contribution in [2.75, 3.05) is 33.2 Å². The first-order valence-corrected chi connectivity index (χ1v) is 7.66. The lowest BCUT2D eigenvalue weighted by Crippen LogP contribution is -2.63. The van der Waals surface area contributed by atoms with Crippen molar-refractivity contribution in [3.8, 4) is 0 Å². The van der Waals surface area contributed by atoms with Gasteiger partial charge >= 0.3 is 0 Å². The zero-order valence-corrected chi connectivity index (χ0v) is 12.8. The van der Waals surface area contributed by atoms with Crippen molar-refractivity contribution in [3.05, 3.63) is 0 Å². The summed E-state index contributed by atoms with van der Waals surface area (Å²) in [4.78, 5) is 5.31. The van der Waals surface area contributed by atoms with Crippen LogP contribution in [0.3, 0.4) is 0 Å². The predicted octanol–water partition coefficient (Wildman–Crippen LogP) is 1.64. The lowest BCUT2D eigenvalue weighted by Gasteiger charge is -2.50. The van der Waals surface area contributed by atoms with Crippen LogP contribution < -0.4 is 5.32 Å². The zero-order valence-electron chi connectivity index (χ0n) is 12.8. The van der Waals surface area contributed by atoms with Crippen molar-refractivity contribution >= 4 is 0 Å². The van der Waals surface area contributed by atoms with Gasteiger partial charge in [0.1, 0.15) is 0 Å². The van der Waals surface area contributed by atoms with E-state index in [0.29, 0.717) is 6.04 Å². The van der Waals surface area contributed by atoms with Crippen molar-refractivity contribution in [3.63, 3.8) is 0 Å². The summed E-state index contributed by atoms with van der Waals surface area (Å²) in [6.45, 7) is 14.4. The summed E-state index contributed by atoms with van der Waals surface area (Å²) in [7, 11) is 2.26. The Morgan fingerprint density at radius 1 is 1.17 bits per heavy atom. The fraction of sp³-hybridized carbons (Fsp3) is 1.00. The predicted molar refractivity (Wildman–Crippen MR) is 77.9 cm³/mol. The quantitative estimate of drug-likeness (QED) is 0.807. The molecule has 2 aliphatic heterocycles. The average molecular weight is 253 g/mol. The molecule has 4 atom stereocenters. The molecule has 0 bridgehead atoms. The van der Waals surface area contributed by atoms with Gasteiger partial charge in [0.2, 0.25) is 0 Å². The molecule has 2 rings (SSSR count). The Bertz CT molecular complexity index is 266. The van der Waals surface area contributed by atoms with Gasteiger partial charge in [0, 0.05) is 37.8 Å². The molecule has 0 aromatic heterocycles. The van der Waals surface area contributed by atoms with Crippen molar-refractivity contribution in [1.29, 1.82) is 0 Å². The number of piperidine rings is 1. The Kier molecular flexibility index (Phi) is 4.68. The van der Waals surface area contributed by atoms with Crippen molar-refractivity contribution in [2.24, 2.45) is 11.8 Å². The summed E-state index contributed by atoms with van der Waals surface area (Å²) < 4.78 is 0. The maximum Gasteiger partial charge on any atom is 0.0247 e. The van der Waals surface area contributed by atoms with Gasteiger partial charge in [0.05, 0.1) is 0 Å². The third-order valence-corrected chi connectivity index (χ3v) is 4.84. The molecule has 4 unspecified atom stereocenters. The maximum atomic E-state index is 3.65. The summed E-state index contributed by atoms with van der Waals surface area (Å²) in [6, 6.07) is 2.15. The molecule has 0 aromatic carbocycles. The van der Waals surface area contributed by atoms with Crippen molar-refractivity contribution in [1.82, 2.24) is 15.1 Å². The first kappa shape index (κ1) is 14.3. The minimum atomic E-state index is 0.645. The third-order valence-electron chi connectivity index (χ3n) is 4.84. The first-order valence-electron chi connectivity index (χ1n) is 7.66. The summed E-state index contributed by atoms with van der Waals surface area (Å²) >= 11 is 0. The zero-order chi connectivity index (χ0) is 13.3. The molecule has 106 valence electrons. The Labute approximate surface area is 113 Å². The minimum absolute atomic E-state index is 0.645. The molecule has 2 heterocycles. The number of nitrogens with one attached hydrogen (secondary N) is 1. The summed E-state index contributed by atoms with van der Waals surface area (Å²) in [5, 5.41) is 3.65. The van der Waals surface area contributed by atoms with E-state index in [2.05, 4.69) is 49.9 Å². The maximum absolute atomic E-state index is 3.65. The number of likely N-dealkylation sites (tertiary alicyclic amines) is 1. The van der Waals surface area contributed by atoms with Crippen LogP contribution in [0.4, 0.5) is 0 Å². The monoisotopic (exact) mass is 253 g/mol. The highest BCUT2D eigenvalue weighted by atomic mass is 15.3. The van der Waals surface area contributed by atoms with E-state index in [1.54, 1.807) is 0 Å². The van der Waals surface area contributed by atoms with E-state index in [0.717, 1.165) is 30.5 Å². The topological polar surface area (TPSA) is 18.5 Å². The highest BCUT2D eigenvalue weighted by Gasteiger charge is 2.37. The molecule has 0 aliphatic carbocycles. The highest BCUT2D eigenvalue weighted by Crippen LogP contribution is 2.27. The van der Waals surface area contributed by atoms with Crippen LogP contribution >= 0.6 is 0 Å². The summed E-state index contributed by atoms with van der Waals surface area (Å²) in [5.41, 5.74) is 0. The van der Waals surface area contributed by atoms with E-state index >= 15 is 0 Å². The van der Waals surface area contributed by atoms with Crippen LogP contribution in [0, 0.1) is 11.8 Å². The molecule has 0 saturated carbocycles. The van der Waals surface area contributed by atoms with Crippen LogP contribution in [0.25, 0.3) is 0 Å². The molecule has 18 heavy (non-hydrogen) atoms. The molecular weight excluding hydrogens is 222 g/mol. The van der Waals surface area contributed by atoms with E-state index in [9.17, 15) is 0 Å². The van der Waals surface area contributed by atoms with Gasteiger partial charge in [-0.05, 0) is 38.8 Å². The van der Waals surface area contributed by atoms with Crippen LogP contribution in [-0.4, -0.2) is 61.2 Å². The van der Waals surface area contributed by atoms with Crippen LogP contribution in [-0.2, 0) is 0 Å². The molecule has 2 fully saturated rings. The van der Waals surface area contributed by atoms with Crippen LogP contribution in [0.2, 0.25) is 0 Å². The number of hydrogen-bond donors (Lipinski definition) is 1. The van der Waals surface area contributed by atoms with Gasteiger partial charge in [-0.1, -0.05) is 20.8 Å². The minimum Gasteiger partial charge on any atom is -0.311 e. The fourth-order valence-electron chi connectivity index (χ4n) is 3.79. The largest absolute Gasteiger partial charge is 0.311 e. The van der Waals surface area contributed by atoms with Gasteiger partial charge in [0.25, 0.3) is 0 Å². The summed E-state index contributed by atoms with van der Waals surface area (Å²) in [6.07, 6.45) is 1.34. The van der Waals surface area contributed by atoms with Gasteiger partial charge in [-0.25, -0.2) is 0 Å². The number of hydrogen-bond acceptors (Lipinski definition) is 3. The van der Waals surface area contributed by atoms with Crippen LogP contribution in [0.1, 0.15) is 34.1 Å². The second-order valence-corrected chi connectivity index (χ2v) is 6.91. The molecule has 3 nitrogen and oxygen atoms in total. The van der Waals surface area contributed by atoms with Crippen molar-refractivity contribution in [2.45, 2.75) is 52.2 Å². The Balaban J connectivity index is 2.07. The standard InChI is InChI=1S/C15H31N3/c1-11(2)15-8-16-13(4)10-18(15)14-6-7-17(5)9-12(14)3/h11-16H,6-10H2,1-5H3. The second-order valence-electron chi connectivity index (χ2n) is 6.91. The Hall–Kier alpha value is -0.120. The lowest BCUT2D eigenvalue weighted by molar-refractivity contribution is 0.00393. The van der Waals surface area contributed by atoms with E-state index in [4.69, 9.17) is 0 Å². The van der Waals surface area contributed by atoms with Gasteiger partial charge in [0.15, 0.2) is 0 Å². The second kappa shape index (κ2) is 5.89. The van der Waals surface area contributed by atoms with Gasteiger partial charge in [-0.2, -0.15) is 0 Å². The molecular formula is C15H31N3. The smallest absolute Gasteiger partial charge is 0.0247 e. The Morgan fingerprint density at radius 3 is 2.50 bits per heavy atom. The van der Waals surface area contributed by atoms with Crippen molar-refractivity contribution < 1.29 is 0 Å². The van der Waals surface area contributed by atoms with Crippen LogP contribution in [0.5, 0.6) is 0 Å².